The minimum absolute atomic E-state index is 0.251. The Morgan fingerprint density at radius 3 is 2.35 bits per heavy atom. The highest BCUT2D eigenvalue weighted by molar-refractivity contribution is 5.29. The quantitative estimate of drug-likeness (QED) is 0.790. The van der Waals surface area contributed by atoms with Crippen LogP contribution in [0.5, 0.6) is 5.75 Å². The van der Waals surface area contributed by atoms with Crippen molar-refractivity contribution in [3.63, 3.8) is 0 Å². The van der Waals surface area contributed by atoms with Crippen molar-refractivity contribution in [2.75, 3.05) is 27.3 Å². The Kier molecular flexibility index (Phi) is 6.01. The summed E-state index contributed by atoms with van der Waals surface area (Å²) in [6.45, 7) is 2.93. The van der Waals surface area contributed by atoms with Gasteiger partial charge in [-0.3, -0.25) is 0 Å². The van der Waals surface area contributed by atoms with Crippen LogP contribution >= 0.6 is 0 Å². The van der Waals surface area contributed by atoms with Gasteiger partial charge in [0.05, 0.1) is 6.61 Å². The van der Waals surface area contributed by atoms with E-state index in [2.05, 4.69) is 31.1 Å². The molecule has 1 atom stereocenters. The molecule has 1 unspecified atom stereocenters. The Morgan fingerprint density at radius 2 is 1.88 bits per heavy atom. The summed E-state index contributed by atoms with van der Waals surface area (Å²) >= 11 is 0. The topological polar surface area (TPSA) is 32.7 Å². The summed E-state index contributed by atoms with van der Waals surface area (Å²) in [5, 5.41) is 8.92. The van der Waals surface area contributed by atoms with E-state index in [1.165, 1.54) is 5.56 Å². The van der Waals surface area contributed by atoms with E-state index < -0.39 is 0 Å². The van der Waals surface area contributed by atoms with E-state index in [9.17, 15) is 0 Å². The van der Waals surface area contributed by atoms with Crippen LogP contribution in [0.25, 0.3) is 0 Å². The molecular weight excluding hydrogens is 214 g/mol. The molecule has 0 spiro atoms. The van der Waals surface area contributed by atoms with Crippen LogP contribution in [0.15, 0.2) is 24.3 Å². The van der Waals surface area contributed by atoms with Crippen molar-refractivity contribution in [1.29, 1.82) is 0 Å². The van der Waals surface area contributed by atoms with Crippen LogP contribution in [0.4, 0.5) is 0 Å². The van der Waals surface area contributed by atoms with Crippen molar-refractivity contribution < 1.29 is 9.84 Å². The molecule has 0 amide bonds. The van der Waals surface area contributed by atoms with Crippen LogP contribution in [0.2, 0.25) is 0 Å². The lowest BCUT2D eigenvalue weighted by molar-refractivity contribution is 0.235. The first-order valence-electron chi connectivity index (χ1n) is 6.19. The number of ether oxygens (including phenoxy) is 1. The van der Waals surface area contributed by atoms with Crippen LogP contribution in [0, 0.1) is 0 Å². The molecule has 1 rings (SSSR count). The van der Waals surface area contributed by atoms with E-state index in [-0.39, 0.29) is 6.61 Å². The number of rotatable bonds is 7. The highest BCUT2D eigenvalue weighted by Crippen LogP contribution is 2.25. The maximum absolute atomic E-state index is 8.92. The van der Waals surface area contributed by atoms with Crippen molar-refractivity contribution in [3.8, 4) is 5.75 Å². The van der Waals surface area contributed by atoms with Gasteiger partial charge in [-0.05, 0) is 51.6 Å². The van der Waals surface area contributed by atoms with E-state index in [0.717, 1.165) is 18.6 Å². The lowest BCUT2D eigenvalue weighted by atomic mass is 10.0. The Labute approximate surface area is 104 Å². The van der Waals surface area contributed by atoms with Gasteiger partial charge in [0.2, 0.25) is 0 Å². The maximum Gasteiger partial charge on any atom is 0.119 e. The molecule has 0 aliphatic heterocycles. The molecule has 3 heteroatoms. The first kappa shape index (κ1) is 14.0. The molecular formula is C14H23NO2. The maximum atomic E-state index is 8.92. The van der Waals surface area contributed by atoms with Gasteiger partial charge in [0.25, 0.3) is 0 Å². The normalized spacial score (nSPS) is 12.8. The SMILES string of the molecule is CCOc1ccc(C(CCCO)N(C)C)cc1. The van der Waals surface area contributed by atoms with Crippen molar-refractivity contribution in [1.82, 2.24) is 4.90 Å². The van der Waals surface area contributed by atoms with Gasteiger partial charge in [0.1, 0.15) is 5.75 Å². The third-order valence-corrected chi connectivity index (χ3v) is 2.83. The Morgan fingerprint density at radius 1 is 1.24 bits per heavy atom. The summed E-state index contributed by atoms with van der Waals surface area (Å²) in [6.07, 6.45) is 1.80. The molecule has 0 aliphatic rings. The van der Waals surface area contributed by atoms with Gasteiger partial charge in [0.15, 0.2) is 0 Å². The molecule has 1 aromatic carbocycles. The minimum atomic E-state index is 0.251. The monoisotopic (exact) mass is 237 g/mol. The van der Waals surface area contributed by atoms with Crippen LogP contribution in [0.1, 0.15) is 31.4 Å². The summed E-state index contributed by atoms with van der Waals surface area (Å²) in [5.74, 6) is 0.913. The molecule has 0 saturated heterocycles. The Bertz CT molecular complexity index is 309. The zero-order valence-electron chi connectivity index (χ0n) is 11.0. The fourth-order valence-electron chi connectivity index (χ4n) is 1.96. The predicted octanol–water partition coefficient (Wildman–Crippen LogP) is 2.46. The van der Waals surface area contributed by atoms with E-state index in [1.807, 2.05) is 19.1 Å². The molecule has 1 N–H and O–H groups in total. The molecule has 0 bridgehead atoms. The molecule has 0 radical (unpaired) electrons. The Balaban J connectivity index is 2.72. The van der Waals surface area contributed by atoms with Crippen molar-refractivity contribution in [2.24, 2.45) is 0 Å². The molecule has 17 heavy (non-hydrogen) atoms. The summed E-state index contributed by atoms with van der Waals surface area (Å²) < 4.78 is 5.43. The second-order valence-electron chi connectivity index (χ2n) is 4.35. The van der Waals surface area contributed by atoms with Crippen LogP contribution in [-0.4, -0.2) is 37.3 Å². The molecule has 1 aromatic rings. The highest BCUT2D eigenvalue weighted by atomic mass is 16.5. The third-order valence-electron chi connectivity index (χ3n) is 2.83. The molecule has 0 fully saturated rings. The van der Waals surface area contributed by atoms with E-state index in [0.29, 0.717) is 12.6 Å². The van der Waals surface area contributed by atoms with Crippen molar-refractivity contribution in [3.05, 3.63) is 29.8 Å². The van der Waals surface area contributed by atoms with Gasteiger partial charge in [0, 0.05) is 12.6 Å². The molecule has 0 aromatic heterocycles. The van der Waals surface area contributed by atoms with Gasteiger partial charge in [-0.2, -0.15) is 0 Å². The van der Waals surface area contributed by atoms with Gasteiger partial charge < -0.3 is 14.7 Å². The highest BCUT2D eigenvalue weighted by Gasteiger charge is 2.13. The van der Waals surface area contributed by atoms with Crippen LogP contribution in [0.3, 0.4) is 0 Å². The average molecular weight is 237 g/mol. The van der Waals surface area contributed by atoms with Crippen LogP contribution < -0.4 is 4.74 Å². The zero-order valence-corrected chi connectivity index (χ0v) is 11.0. The Hall–Kier alpha value is -1.06. The number of nitrogens with zero attached hydrogens (tertiary/aromatic N) is 1. The molecule has 3 nitrogen and oxygen atoms in total. The van der Waals surface area contributed by atoms with E-state index in [4.69, 9.17) is 9.84 Å². The lowest BCUT2D eigenvalue weighted by Gasteiger charge is -2.24. The van der Waals surface area contributed by atoms with Gasteiger partial charge >= 0.3 is 0 Å². The van der Waals surface area contributed by atoms with Gasteiger partial charge in [-0.25, -0.2) is 0 Å². The lowest BCUT2D eigenvalue weighted by Crippen LogP contribution is -2.20. The summed E-state index contributed by atoms with van der Waals surface area (Å²) in [7, 11) is 4.14. The van der Waals surface area contributed by atoms with Crippen molar-refractivity contribution >= 4 is 0 Å². The first-order valence-corrected chi connectivity index (χ1v) is 6.19. The number of hydrogen-bond donors (Lipinski definition) is 1. The number of aliphatic hydroxyl groups is 1. The zero-order chi connectivity index (χ0) is 12.7. The average Bonchev–Trinajstić information content (AvgIpc) is 2.31. The van der Waals surface area contributed by atoms with Gasteiger partial charge in [-0.15, -0.1) is 0 Å². The number of aliphatic hydroxyl groups excluding tert-OH is 1. The number of benzene rings is 1. The second-order valence-corrected chi connectivity index (χ2v) is 4.35. The molecule has 0 aliphatic carbocycles. The largest absolute Gasteiger partial charge is 0.494 e. The molecule has 96 valence electrons. The number of hydrogen-bond acceptors (Lipinski definition) is 3. The fourth-order valence-corrected chi connectivity index (χ4v) is 1.96. The standard InChI is InChI=1S/C14H23NO2/c1-4-17-13-9-7-12(8-10-13)14(15(2)3)6-5-11-16/h7-10,14,16H,4-6,11H2,1-3H3. The second kappa shape index (κ2) is 7.30. The van der Waals surface area contributed by atoms with Crippen LogP contribution in [-0.2, 0) is 0 Å². The predicted molar refractivity (Wildman–Crippen MR) is 70.4 cm³/mol. The third kappa shape index (κ3) is 4.36. The summed E-state index contributed by atoms with van der Waals surface area (Å²) in [5.41, 5.74) is 1.27. The molecule has 0 heterocycles. The fraction of sp³-hybridized carbons (Fsp3) is 0.571. The van der Waals surface area contributed by atoms with Crippen molar-refractivity contribution in [2.45, 2.75) is 25.8 Å². The minimum Gasteiger partial charge on any atom is -0.494 e. The summed E-state index contributed by atoms with van der Waals surface area (Å²) in [4.78, 5) is 2.19. The first-order chi connectivity index (χ1) is 8.19. The van der Waals surface area contributed by atoms with E-state index >= 15 is 0 Å². The van der Waals surface area contributed by atoms with Gasteiger partial charge in [-0.1, -0.05) is 12.1 Å². The van der Waals surface area contributed by atoms with E-state index in [1.54, 1.807) is 0 Å². The summed E-state index contributed by atoms with van der Waals surface area (Å²) in [6, 6.07) is 8.58. The smallest absolute Gasteiger partial charge is 0.119 e. The molecule has 0 saturated carbocycles.